The lowest BCUT2D eigenvalue weighted by molar-refractivity contribution is 0.138. The van der Waals surface area contributed by atoms with Crippen LogP contribution in [-0.2, 0) is 0 Å². The van der Waals surface area contributed by atoms with Crippen molar-refractivity contribution in [2.24, 2.45) is 5.92 Å². The molecule has 0 spiro atoms. The number of hydrogen-bond acceptors (Lipinski definition) is 3. The minimum absolute atomic E-state index is 0.200. The van der Waals surface area contributed by atoms with E-state index in [2.05, 4.69) is 40.0 Å². The molecule has 2 N–H and O–H groups in total. The number of rotatable bonds is 5. The Hall–Kier alpha value is -1.92. The number of hydrogen-bond donors (Lipinski definition) is 2. The molecule has 3 rings (SSSR count). The van der Waals surface area contributed by atoms with Crippen LogP contribution in [0.3, 0.4) is 0 Å². The molecular weight excluding hydrogens is 337 g/mol. The molecule has 1 aliphatic heterocycles. The van der Waals surface area contributed by atoms with Crippen molar-refractivity contribution in [1.82, 2.24) is 10.2 Å². The van der Waals surface area contributed by atoms with Crippen LogP contribution in [0.2, 0.25) is 0 Å². The fourth-order valence-corrected chi connectivity index (χ4v) is 3.99. The first-order valence-electron chi connectivity index (χ1n) is 8.69. The van der Waals surface area contributed by atoms with E-state index in [0.29, 0.717) is 12.2 Å². The Morgan fingerprint density at radius 2 is 2.00 bits per heavy atom. The number of anilines is 1. The van der Waals surface area contributed by atoms with Gasteiger partial charge in [-0.3, -0.25) is 4.90 Å². The molecule has 134 valence electrons. The summed E-state index contributed by atoms with van der Waals surface area (Å²) in [6.07, 6.45) is 2.40. The van der Waals surface area contributed by atoms with Crippen LogP contribution in [0.15, 0.2) is 41.8 Å². The summed E-state index contributed by atoms with van der Waals surface area (Å²) in [5.41, 5.74) is 0.582. The van der Waals surface area contributed by atoms with Crippen LogP contribution >= 0.6 is 11.3 Å². The number of likely N-dealkylation sites (tertiary alicyclic amines) is 1. The number of nitrogens with zero attached hydrogens (tertiary/aromatic N) is 1. The molecule has 1 atom stereocenters. The summed E-state index contributed by atoms with van der Waals surface area (Å²) in [6, 6.07) is 9.89. The molecule has 0 aliphatic carbocycles. The number of thiophene rings is 1. The number of urea groups is 1. The highest BCUT2D eigenvalue weighted by molar-refractivity contribution is 7.10. The molecular formula is C19H24FN3OS. The number of benzene rings is 1. The summed E-state index contributed by atoms with van der Waals surface area (Å²) in [5, 5.41) is 7.79. The van der Waals surface area contributed by atoms with Crippen LogP contribution in [0.5, 0.6) is 0 Å². The van der Waals surface area contributed by atoms with E-state index in [4.69, 9.17) is 0 Å². The predicted molar refractivity (Wildman–Crippen MR) is 100 cm³/mol. The Labute approximate surface area is 152 Å². The molecule has 6 heteroatoms. The first-order chi connectivity index (χ1) is 12.1. The summed E-state index contributed by atoms with van der Waals surface area (Å²) in [5.74, 6) is 0.456. The first-order valence-corrected chi connectivity index (χ1v) is 9.57. The van der Waals surface area contributed by atoms with E-state index in [-0.39, 0.29) is 17.9 Å². The molecule has 2 heterocycles. The molecule has 25 heavy (non-hydrogen) atoms. The average Bonchev–Trinajstić information content (AvgIpc) is 3.13. The molecule has 1 aromatic carbocycles. The van der Waals surface area contributed by atoms with Crippen molar-refractivity contribution < 1.29 is 9.18 Å². The van der Waals surface area contributed by atoms with Gasteiger partial charge >= 0.3 is 6.03 Å². The second kappa shape index (κ2) is 8.45. The molecule has 0 unspecified atom stereocenters. The van der Waals surface area contributed by atoms with Gasteiger partial charge in [0.1, 0.15) is 5.82 Å². The van der Waals surface area contributed by atoms with Crippen molar-refractivity contribution >= 4 is 23.1 Å². The Morgan fingerprint density at radius 3 is 2.64 bits per heavy atom. The van der Waals surface area contributed by atoms with Crippen molar-refractivity contribution in [3.05, 3.63) is 52.5 Å². The number of carbonyl (C=O) groups is 1. The van der Waals surface area contributed by atoms with Crippen LogP contribution in [0.1, 0.15) is 30.7 Å². The highest BCUT2D eigenvalue weighted by Gasteiger charge is 2.25. The minimum Gasteiger partial charge on any atom is -0.336 e. The molecule has 1 fully saturated rings. The maximum Gasteiger partial charge on any atom is 0.319 e. The van der Waals surface area contributed by atoms with Crippen LogP contribution < -0.4 is 10.6 Å². The van der Waals surface area contributed by atoms with Crippen LogP contribution in [0.4, 0.5) is 14.9 Å². The summed E-state index contributed by atoms with van der Waals surface area (Å²) < 4.78 is 12.9. The van der Waals surface area contributed by atoms with E-state index in [9.17, 15) is 9.18 Å². The Morgan fingerprint density at radius 1 is 1.28 bits per heavy atom. The van der Waals surface area contributed by atoms with E-state index in [1.54, 1.807) is 23.5 Å². The van der Waals surface area contributed by atoms with Crippen molar-refractivity contribution in [3.63, 3.8) is 0 Å². The zero-order chi connectivity index (χ0) is 17.6. The quantitative estimate of drug-likeness (QED) is 0.824. The minimum atomic E-state index is -0.317. The van der Waals surface area contributed by atoms with Gasteiger partial charge in [-0.25, -0.2) is 9.18 Å². The van der Waals surface area contributed by atoms with Crippen LogP contribution in [-0.4, -0.2) is 30.6 Å². The maximum absolute atomic E-state index is 12.9. The first kappa shape index (κ1) is 17.9. The van der Waals surface area contributed by atoms with Crippen LogP contribution in [0, 0.1) is 11.7 Å². The number of halogens is 1. The van der Waals surface area contributed by atoms with Gasteiger partial charge in [-0.2, -0.15) is 0 Å². The third-order valence-electron chi connectivity index (χ3n) is 4.69. The summed E-state index contributed by atoms with van der Waals surface area (Å²) in [6.45, 7) is 4.98. The fraction of sp³-hybridized carbons (Fsp3) is 0.421. The number of piperidine rings is 1. The van der Waals surface area contributed by atoms with Crippen molar-refractivity contribution in [1.29, 1.82) is 0 Å². The number of nitrogens with one attached hydrogen (secondary N) is 2. The van der Waals surface area contributed by atoms with Crippen LogP contribution in [0.25, 0.3) is 0 Å². The molecule has 1 aromatic heterocycles. The van der Waals surface area contributed by atoms with E-state index >= 15 is 0 Å². The fourth-order valence-electron chi connectivity index (χ4n) is 3.13. The van der Waals surface area contributed by atoms with E-state index in [1.807, 2.05) is 0 Å². The van der Waals surface area contributed by atoms with Crippen molar-refractivity contribution in [2.45, 2.75) is 25.8 Å². The lowest BCUT2D eigenvalue weighted by atomic mass is 9.97. The topological polar surface area (TPSA) is 44.4 Å². The molecule has 4 nitrogen and oxygen atoms in total. The molecule has 2 amide bonds. The van der Waals surface area contributed by atoms with Gasteiger partial charge in [-0.05, 0) is 67.6 Å². The van der Waals surface area contributed by atoms with Gasteiger partial charge in [0.05, 0.1) is 6.04 Å². The number of amides is 2. The Balaban J connectivity index is 1.58. The second-order valence-electron chi connectivity index (χ2n) is 6.59. The molecule has 1 saturated heterocycles. The normalized spacial score (nSPS) is 17.2. The Bertz CT molecular complexity index is 666. The smallest absolute Gasteiger partial charge is 0.319 e. The number of carbonyl (C=O) groups excluding carboxylic acids is 1. The predicted octanol–water partition coefficient (Wildman–Crippen LogP) is 4.48. The van der Waals surface area contributed by atoms with E-state index in [1.165, 1.54) is 29.9 Å². The van der Waals surface area contributed by atoms with Gasteiger partial charge in [-0.15, -0.1) is 11.3 Å². The summed E-state index contributed by atoms with van der Waals surface area (Å²) in [7, 11) is 0. The lowest BCUT2D eigenvalue weighted by Gasteiger charge is -2.36. The summed E-state index contributed by atoms with van der Waals surface area (Å²) >= 11 is 1.73. The van der Waals surface area contributed by atoms with Crippen molar-refractivity contribution in [3.8, 4) is 0 Å². The molecule has 0 bridgehead atoms. The average molecular weight is 361 g/mol. The molecule has 0 saturated carbocycles. The van der Waals surface area contributed by atoms with Gasteiger partial charge in [0.25, 0.3) is 0 Å². The third kappa shape index (κ3) is 5.03. The molecule has 1 aliphatic rings. The molecule has 2 aromatic rings. The summed E-state index contributed by atoms with van der Waals surface area (Å²) in [4.78, 5) is 15.9. The van der Waals surface area contributed by atoms with Gasteiger partial charge in [0.2, 0.25) is 0 Å². The lowest BCUT2D eigenvalue weighted by Crippen LogP contribution is -2.42. The highest BCUT2D eigenvalue weighted by Crippen LogP contribution is 2.29. The third-order valence-corrected chi connectivity index (χ3v) is 5.66. The highest BCUT2D eigenvalue weighted by atomic mass is 32.1. The second-order valence-corrected chi connectivity index (χ2v) is 7.57. The van der Waals surface area contributed by atoms with Gasteiger partial charge in [0, 0.05) is 17.1 Å². The molecule has 0 radical (unpaired) electrons. The van der Waals surface area contributed by atoms with E-state index in [0.717, 1.165) is 19.0 Å². The van der Waals surface area contributed by atoms with Crippen molar-refractivity contribution in [2.75, 3.05) is 25.0 Å². The van der Waals surface area contributed by atoms with Gasteiger partial charge < -0.3 is 10.6 Å². The van der Waals surface area contributed by atoms with Gasteiger partial charge in [0.15, 0.2) is 0 Å². The van der Waals surface area contributed by atoms with E-state index < -0.39 is 0 Å². The maximum atomic E-state index is 12.9. The monoisotopic (exact) mass is 361 g/mol. The zero-order valence-electron chi connectivity index (χ0n) is 14.4. The zero-order valence-corrected chi connectivity index (χ0v) is 15.2. The van der Waals surface area contributed by atoms with Gasteiger partial charge in [-0.1, -0.05) is 13.0 Å². The standard InChI is InChI=1S/C19H24FN3OS/c1-14-8-10-23(11-9-14)17(18-3-2-12-25-18)13-21-19(24)22-16-6-4-15(20)5-7-16/h2-7,12,14,17H,8-11,13H2,1H3,(H2,21,22,24)/t17-/m0/s1. The Kier molecular flexibility index (Phi) is 6.04. The SMILES string of the molecule is CC1CCN([C@@H](CNC(=O)Nc2ccc(F)cc2)c2cccs2)CC1. The largest absolute Gasteiger partial charge is 0.336 e.